The first-order valence-electron chi connectivity index (χ1n) is 3.71. The highest BCUT2D eigenvalue weighted by atomic mass is 35.5. The van der Waals surface area contributed by atoms with Crippen LogP contribution in [-0.4, -0.2) is 21.0 Å². The number of benzene rings is 1. The number of aromatic nitrogens is 2. The molecule has 0 amide bonds. The van der Waals surface area contributed by atoms with Gasteiger partial charge >= 0.3 is 5.97 Å². The summed E-state index contributed by atoms with van der Waals surface area (Å²) in [5.74, 6) is -0.951. The van der Waals surface area contributed by atoms with Gasteiger partial charge in [0.1, 0.15) is 0 Å². The van der Waals surface area contributed by atoms with Gasteiger partial charge in [0.25, 0.3) is 0 Å². The second-order valence-corrected chi connectivity index (χ2v) is 2.56. The summed E-state index contributed by atoms with van der Waals surface area (Å²) in [6, 6.07) is 4.66. The Balaban J connectivity index is 0.000000980. The Hall–Kier alpha value is -1.68. The topological polar surface area (TPSA) is 63.1 Å². The number of fused-ring (bicyclic) bond motifs is 1. The molecule has 0 aliphatic heterocycles. The van der Waals surface area contributed by atoms with Crippen LogP contribution in [0.5, 0.6) is 0 Å². The first kappa shape index (κ1) is 10.4. The molecule has 0 radical (unpaired) electrons. The van der Waals surface area contributed by atoms with Gasteiger partial charge in [0.05, 0.1) is 16.6 Å². The third-order valence-corrected chi connectivity index (χ3v) is 1.72. The maximum absolute atomic E-state index is 10.6. The van der Waals surface area contributed by atoms with Gasteiger partial charge in [0.15, 0.2) is 0 Å². The van der Waals surface area contributed by atoms with Gasteiger partial charge in [0.2, 0.25) is 0 Å². The summed E-state index contributed by atoms with van der Waals surface area (Å²) >= 11 is 0. The average Bonchev–Trinajstić information content (AvgIpc) is 2.17. The summed E-state index contributed by atoms with van der Waals surface area (Å²) in [6.07, 6.45) is 3.11. The van der Waals surface area contributed by atoms with Crippen molar-refractivity contribution < 1.29 is 9.90 Å². The van der Waals surface area contributed by atoms with E-state index in [1.165, 1.54) is 18.3 Å². The van der Waals surface area contributed by atoms with Crippen LogP contribution in [0.1, 0.15) is 10.4 Å². The number of nitrogens with zero attached hydrogens (tertiary/aromatic N) is 2. The summed E-state index contributed by atoms with van der Waals surface area (Å²) < 4.78 is 0. The van der Waals surface area contributed by atoms with Crippen molar-refractivity contribution in [2.75, 3.05) is 0 Å². The highest BCUT2D eigenvalue weighted by Gasteiger charge is 2.03. The van der Waals surface area contributed by atoms with Gasteiger partial charge in [-0.1, -0.05) is 0 Å². The predicted octanol–water partition coefficient (Wildman–Crippen LogP) is 1.75. The molecule has 0 aliphatic carbocycles. The normalized spacial score (nSPS) is 9.43. The Morgan fingerprint density at radius 3 is 2.43 bits per heavy atom. The van der Waals surface area contributed by atoms with Crippen molar-refractivity contribution >= 4 is 29.4 Å². The van der Waals surface area contributed by atoms with Crippen LogP contribution in [0.2, 0.25) is 0 Å². The summed E-state index contributed by atoms with van der Waals surface area (Å²) in [5.41, 5.74) is 1.53. The van der Waals surface area contributed by atoms with Gasteiger partial charge < -0.3 is 5.11 Å². The molecule has 72 valence electrons. The highest BCUT2D eigenvalue weighted by molar-refractivity contribution is 5.91. The third-order valence-electron chi connectivity index (χ3n) is 1.72. The van der Waals surface area contributed by atoms with Crippen LogP contribution in [0.4, 0.5) is 0 Å². The molecule has 1 aromatic heterocycles. The number of aromatic carboxylic acids is 1. The number of rotatable bonds is 1. The van der Waals surface area contributed by atoms with Gasteiger partial charge in [-0.15, -0.1) is 12.4 Å². The minimum Gasteiger partial charge on any atom is -0.478 e. The van der Waals surface area contributed by atoms with E-state index < -0.39 is 5.97 Å². The molecule has 0 atom stereocenters. The predicted molar refractivity (Wildman–Crippen MR) is 53.7 cm³/mol. The molecular weight excluding hydrogens is 204 g/mol. The van der Waals surface area contributed by atoms with Crippen LogP contribution in [0.3, 0.4) is 0 Å². The van der Waals surface area contributed by atoms with Crippen molar-refractivity contribution in [2.45, 2.75) is 0 Å². The highest BCUT2D eigenvalue weighted by Crippen LogP contribution is 2.10. The van der Waals surface area contributed by atoms with Gasteiger partial charge in [0, 0.05) is 12.4 Å². The molecule has 2 rings (SSSR count). The Bertz CT molecular complexity index is 473. The van der Waals surface area contributed by atoms with E-state index in [1.54, 1.807) is 12.3 Å². The van der Waals surface area contributed by atoms with Crippen LogP contribution in [-0.2, 0) is 0 Å². The number of halogens is 1. The average molecular weight is 211 g/mol. The molecule has 14 heavy (non-hydrogen) atoms. The Kier molecular flexibility index (Phi) is 2.99. The Morgan fingerprint density at radius 2 is 1.79 bits per heavy atom. The molecule has 0 fully saturated rings. The van der Waals surface area contributed by atoms with Gasteiger partial charge in [-0.2, -0.15) is 0 Å². The molecule has 0 aliphatic rings. The summed E-state index contributed by atoms with van der Waals surface area (Å²) in [6.45, 7) is 0. The molecule has 0 saturated heterocycles. The number of carboxylic acids is 1. The number of hydrogen-bond donors (Lipinski definition) is 1. The lowest BCUT2D eigenvalue weighted by Crippen LogP contribution is -1.96. The standard InChI is InChI=1S/C9H6N2O2.ClH/c12-9(13)6-1-2-7-8(5-6)11-4-3-10-7;/h1-5H,(H,12,13);1H. The van der Waals surface area contributed by atoms with E-state index in [1.807, 2.05) is 0 Å². The second kappa shape index (κ2) is 4.02. The third kappa shape index (κ3) is 1.80. The molecule has 0 bridgehead atoms. The second-order valence-electron chi connectivity index (χ2n) is 2.56. The molecule has 1 heterocycles. The number of carbonyl (C=O) groups is 1. The molecule has 0 saturated carbocycles. The quantitative estimate of drug-likeness (QED) is 0.779. The van der Waals surface area contributed by atoms with Crippen LogP contribution >= 0.6 is 12.4 Å². The number of hydrogen-bond acceptors (Lipinski definition) is 3. The van der Waals surface area contributed by atoms with E-state index >= 15 is 0 Å². The van der Waals surface area contributed by atoms with E-state index in [9.17, 15) is 4.79 Å². The zero-order valence-corrected chi connectivity index (χ0v) is 7.86. The smallest absolute Gasteiger partial charge is 0.335 e. The van der Waals surface area contributed by atoms with Crippen LogP contribution in [0.25, 0.3) is 11.0 Å². The first-order valence-corrected chi connectivity index (χ1v) is 3.71. The zero-order chi connectivity index (χ0) is 9.26. The van der Waals surface area contributed by atoms with Crippen LogP contribution in [0.15, 0.2) is 30.6 Å². The Labute approximate surface area is 86.0 Å². The maximum atomic E-state index is 10.6. The largest absolute Gasteiger partial charge is 0.478 e. The molecule has 4 nitrogen and oxygen atoms in total. The summed E-state index contributed by atoms with van der Waals surface area (Å²) in [5, 5.41) is 8.70. The van der Waals surface area contributed by atoms with Crippen molar-refractivity contribution in [3.63, 3.8) is 0 Å². The van der Waals surface area contributed by atoms with E-state index in [-0.39, 0.29) is 18.0 Å². The summed E-state index contributed by atoms with van der Waals surface area (Å²) in [4.78, 5) is 18.6. The lowest BCUT2D eigenvalue weighted by Gasteiger charge is -1.96. The fraction of sp³-hybridized carbons (Fsp3) is 0. The van der Waals surface area contributed by atoms with Crippen molar-refractivity contribution in [3.8, 4) is 0 Å². The SMILES string of the molecule is Cl.O=C(O)c1ccc2nccnc2c1. The molecule has 1 N–H and O–H groups in total. The molecule has 0 unspecified atom stereocenters. The van der Waals surface area contributed by atoms with Crippen LogP contribution < -0.4 is 0 Å². The molecule has 5 heteroatoms. The van der Waals surface area contributed by atoms with Crippen LogP contribution in [0, 0.1) is 0 Å². The molecule has 2 aromatic rings. The van der Waals surface area contributed by atoms with Gasteiger partial charge in [-0.05, 0) is 18.2 Å². The lowest BCUT2D eigenvalue weighted by molar-refractivity contribution is 0.0697. The zero-order valence-electron chi connectivity index (χ0n) is 7.04. The fourth-order valence-electron chi connectivity index (χ4n) is 1.10. The van der Waals surface area contributed by atoms with E-state index in [2.05, 4.69) is 9.97 Å². The van der Waals surface area contributed by atoms with E-state index in [4.69, 9.17) is 5.11 Å². The molecule has 1 aromatic carbocycles. The maximum Gasteiger partial charge on any atom is 0.335 e. The lowest BCUT2D eigenvalue weighted by atomic mass is 10.2. The van der Waals surface area contributed by atoms with E-state index in [0.29, 0.717) is 11.0 Å². The Morgan fingerprint density at radius 1 is 1.14 bits per heavy atom. The van der Waals surface area contributed by atoms with Crippen molar-refractivity contribution in [2.24, 2.45) is 0 Å². The fourth-order valence-corrected chi connectivity index (χ4v) is 1.10. The van der Waals surface area contributed by atoms with E-state index in [0.717, 1.165) is 0 Å². The van der Waals surface area contributed by atoms with Crippen molar-refractivity contribution in [1.29, 1.82) is 0 Å². The monoisotopic (exact) mass is 210 g/mol. The first-order chi connectivity index (χ1) is 6.27. The summed E-state index contributed by atoms with van der Waals surface area (Å²) in [7, 11) is 0. The minimum atomic E-state index is -0.951. The van der Waals surface area contributed by atoms with Crippen molar-refractivity contribution in [1.82, 2.24) is 9.97 Å². The van der Waals surface area contributed by atoms with Crippen molar-refractivity contribution in [3.05, 3.63) is 36.2 Å². The molecule has 0 spiro atoms. The minimum absolute atomic E-state index is 0. The van der Waals surface area contributed by atoms with Gasteiger partial charge in [-0.3, -0.25) is 9.97 Å². The number of carboxylic acid groups (broad SMARTS) is 1. The van der Waals surface area contributed by atoms with Gasteiger partial charge in [-0.25, -0.2) is 4.79 Å². The molecular formula is C9H7ClN2O2.